The van der Waals surface area contributed by atoms with Crippen molar-refractivity contribution in [3.05, 3.63) is 103 Å². The van der Waals surface area contributed by atoms with Gasteiger partial charge in [-0.1, -0.05) is 29.3 Å². The van der Waals surface area contributed by atoms with Crippen molar-refractivity contribution in [3.63, 3.8) is 0 Å². The van der Waals surface area contributed by atoms with E-state index in [4.69, 9.17) is 42.1 Å². The number of esters is 1. The molecule has 0 aliphatic carbocycles. The zero-order valence-corrected chi connectivity index (χ0v) is 26.9. The van der Waals surface area contributed by atoms with Crippen molar-refractivity contribution in [2.24, 2.45) is 5.10 Å². The lowest BCUT2D eigenvalue weighted by molar-refractivity contribution is -0.384. The zero-order chi connectivity index (χ0) is 34.1. The monoisotopic (exact) mass is 687 g/mol. The lowest BCUT2D eigenvalue weighted by Gasteiger charge is -2.28. The lowest BCUT2D eigenvalue weighted by atomic mass is 9.95. The maximum atomic E-state index is 12.4. The molecule has 2 atom stereocenters. The van der Waals surface area contributed by atoms with Crippen LogP contribution in [0.3, 0.4) is 0 Å². The van der Waals surface area contributed by atoms with Gasteiger partial charge in [0.05, 0.1) is 46.5 Å². The number of nitrogens with zero attached hydrogens (tertiary/aromatic N) is 2. The van der Waals surface area contributed by atoms with Crippen LogP contribution in [0.2, 0.25) is 10.0 Å². The van der Waals surface area contributed by atoms with E-state index in [1.165, 1.54) is 25.5 Å². The summed E-state index contributed by atoms with van der Waals surface area (Å²) >= 11 is 12.7. The molecule has 0 bridgehead atoms. The fourth-order valence-corrected chi connectivity index (χ4v) is 5.09. The second-order valence-corrected chi connectivity index (χ2v) is 10.8. The molecule has 3 aromatic carbocycles. The first-order valence-electron chi connectivity index (χ1n) is 14.1. The Balaban J connectivity index is 1.36. The number of benzene rings is 3. The van der Waals surface area contributed by atoms with Crippen LogP contribution in [0.25, 0.3) is 0 Å². The van der Waals surface area contributed by atoms with Crippen LogP contribution in [-0.4, -0.2) is 54.8 Å². The van der Waals surface area contributed by atoms with Crippen LogP contribution in [0.1, 0.15) is 36.6 Å². The van der Waals surface area contributed by atoms with Gasteiger partial charge in [0, 0.05) is 17.8 Å². The molecule has 0 saturated heterocycles. The minimum Gasteiger partial charge on any atom is -0.490 e. The number of nitrogens with one attached hydrogen (secondary N) is 3. The van der Waals surface area contributed by atoms with E-state index in [9.17, 15) is 24.8 Å². The van der Waals surface area contributed by atoms with Crippen molar-refractivity contribution in [2.75, 3.05) is 20.3 Å². The Morgan fingerprint density at radius 2 is 1.81 bits per heavy atom. The molecule has 47 heavy (non-hydrogen) atoms. The van der Waals surface area contributed by atoms with Gasteiger partial charge >= 0.3 is 12.0 Å². The molecule has 14 nitrogen and oxygen atoms in total. The molecule has 248 valence electrons. The van der Waals surface area contributed by atoms with Gasteiger partial charge in [-0.05, 0) is 66.9 Å². The molecule has 3 aromatic rings. The third-order valence-electron chi connectivity index (χ3n) is 6.66. The second kappa shape index (κ2) is 16.0. The molecule has 1 aliphatic rings. The largest absolute Gasteiger partial charge is 0.490 e. The maximum Gasteiger partial charge on any atom is 0.337 e. The third-order valence-corrected chi connectivity index (χ3v) is 7.22. The molecule has 0 fully saturated rings. The van der Waals surface area contributed by atoms with E-state index in [0.29, 0.717) is 40.5 Å². The first-order valence-corrected chi connectivity index (χ1v) is 14.8. The highest BCUT2D eigenvalue weighted by atomic mass is 35.5. The van der Waals surface area contributed by atoms with E-state index in [1.54, 1.807) is 56.3 Å². The van der Waals surface area contributed by atoms with Crippen LogP contribution >= 0.6 is 23.2 Å². The molecule has 0 radical (unpaired) electrons. The molecule has 2 amide bonds. The topological polar surface area (TPSA) is 183 Å². The van der Waals surface area contributed by atoms with Crippen molar-refractivity contribution in [1.82, 2.24) is 16.1 Å². The van der Waals surface area contributed by atoms with E-state index >= 15 is 0 Å². The Morgan fingerprint density at radius 1 is 1.11 bits per heavy atom. The Kier molecular flexibility index (Phi) is 11.8. The van der Waals surface area contributed by atoms with E-state index in [-0.39, 0.29) is 40.3 Å². The van der Waals surface area contributed by atoms with Crippen LogP contribution in [-0.2, 0) is 16.1 Å². The van der Waals surface area contributed by atoms with E-state index in [0.717, 1.165) is 0 Å². The van der Waals surface area contributed by atoms with Gasteiger partial charge in [-0.15, -0.1) is 0 Å². The number of methoxy groups -OCH3 is 1. The number of non-ortho nitro benzene ring substituents is 1. The molecule has 0 aromatic heterocycles. The van der Waals surface area contributed by atoms with Crippen LogP contribution in [0.4, 0.5) is 10.5 Å². The maximum absolute atomic E-state index is 12.4. The summed E-state index contributed by atoms with van der Waals surface area (Å²) in [6, 6.07) is 12.7. The molecule has 4 rings (SSSR count). The summed E-state index contributed by atoms with van der Waals surface area (Å²) in [5, 5.41) is 31.0. The van der Waals surface area contributed by atoms with E-state index < -0.39 is 29.2 Å². The summed E-state index contributed by atoms with van der Waals surface area (Å²) in [6.45, 7) is 3.56. The van der Waals surface area contributed by atoms with Crippen LogP contribution in [0.15, 0.2) is 71.0 Å². The summed E-state index contributed by atoms with van der Waals surface area (Å²) in [6.07, 6.45) is 0.166. The minimum absolute atomic E-state index is 0.0299. The van der Waals surface area contributed by atoms with Crippen molar-refractivity contribution in [1.29, 1.82) is 0 Å². The lowest BCUT2D eigenvalue weighted by Crippen LogP contribution is -2.45. The average Bonchev–Trinajstić information content (AvgIpc) is 3.03. The zero-order valence-electron chi connectivity index (χ0n) is 25.4. The second-order valence-electron chi connectivity index (χ2n) is 9.94. The van der Waals surface area contributed by atoms with Crippen LogP contribution in [0.5, 0.6) is 17.2 Å². The number of nitro benzene ring substituents is 1. The number of hydrogen-bond acceptors (Lipinski definition) is 11. The van der Waals surface area contributed by atoms with Gasteiger partial charge in [-0.3, -0.25) is 15.5 Å². The van der Waals surface area contributed by atoms with Gasteiger partial charge in [0.1, 0.15) is 13.2 Å². The number of halogens is 2. The number of aliphatic hydroxyl groups excluding tert-OH is 1. The number of ether oxygens (including phenoxy) is 4. The molecule has 16 heteroatoms. The Morgan fingerprint density at radius 3 is 2.45 bits per heavy atom. The summed E-state index contributed by atoms with van der Waals surface area (Å²) in [5.74, 6) is 0.275. The standard InChI is InChI=1S/C31H31Cl2N5O9/c1-4-45-25-13-20(28-27(30(40)44-3)17(2)35-31(41)36-28)7-10-24(25)46-16-26(39)37-34-14-19-11-22(32)29(23(33)12-19)47-15-18-5-8-21(9-6-18)38(42)43/h5-14,26,28,37,39H,4,15-16H2,1-3H3,(H2,35,36,41)/b34-14-/t26-,28-/m1/s1. The summed E-state index contributed by atoms with van der Waals surface area (Å²) in [4.78, 5) is 34.9. The number of hydrazone groups is 1. The number of nitro groups is 1. The first-order chi connectivity index (χ1) is 22.5. The van der Waals surface area contributed by atoms with Crippen LogP contribution < -0.4 is 30.3 Å². The molecule has 0 unspecified atom stereocenters. The van der Waals surface area contributed by atoms with Gasteiger partial charge in [0.2, 0.25) is 0 Å². The van der Waals surface area contributed by atoms with Crippen molar-refractivity contribution in [2.45, 2.75) is 32.7 Å². The number of carbonyl (C=O) groups excluding carboxylic acids is 2. The number of hydrogen-bond donors (Lipinski definition) is 4. The Labute approximate surface area is 279 Å². The molecule has 1 heterocycles. The fraction of sp³-hybridized carbons (Fsp3) is 0.258. The number of aliphatic hydroxyl groups is 1. The van der Waals surface area contributed by atoms with Crippen molar-refractivity contribution < 1.29 is 38.6 Å². The van der Waals surface area contributed by atoms with Gasteiger partial charge in [-0.25, -0.2) is 9.59 Å². The molecule has 4 N–H and O–H groups in total. The molecule has 0 spiro atoms. The van der Waals surface area contributed by atoms with Gasteiger partial charge in [0.15, 0.2) is 23.5 Å². The molecule has 0 saturated carbocycles. The fourth-order valence-electron chi connectivity index (χ4n) is 4.48. The quantitative estimate of drug-likeness (QED) is 0.0591. The number of urea groups is 1. The Hall–Kier alpha value is -5.05. The molecule has 1 aliphatic heterocycles. The summed E-state index contributed by atoms with van der Waals surface area (Å²) in [5.41, 5.74) is 4.88. The first kappa shape index (κ1) is 34.8. The number of amides is 2. The highest BCUT2D eigenvalue weighted by Gasteiger charge is 2.32. The number of carbonyl (C=O) groups is 2. The summed E-state index contributed by atoms with van der Waals surface area (Å²) < 4.78 is 22.1. The molecular weight excluding hydrogens is 657 g/mol. The predicted octanol–water partition coefficient (Wildman–Crippen LogP) is 5.00. The summed E-state index contributed by atoms with van der Waals surface area (Å²) in [7, 11) is 1.26. The van der Waals surface area contributed by atoms with Crippen molar-refractivity contribution >= 4 is 47.1 Å². The normalized spacial score (nSPS) is 15.0. The third kappa shape index (κ3) is 9.03. The van der Waals surface area contributed by atoms with Gasteiger partial charge < -0.3 is 34.7 Å². The highest BCUT2D eigenvalue weighted by Crippen LogP contribution is 2.36. The number of allylic oxidation sites excluding steroid dienone is 1. The minimum atomic E-state index is -1.23. The van der Waals surface area contributed by atoms with Gasteiger partial charge in [0.25, 0.3) is 5.69 Å². The van der Waals surface area contributed by atoms with E-state index in [2.05, 4.69) is 21.2 Å². The van der Waals surface area contributed by atoms with Gasteiger partial charge in [-0.2, -0.15) is 5.10 Å². The average molecular weight is 689 g/mol. The molecular formula is C31H31Cl2N5O9. The van der Waals surface area contributed by atoms with Crippen LogP contribution in [0, 0.1) is 10.1 Å². The predicted molar refractivity (Wildman–Crippen MR) is 173 cm³/mol. The highest BCUT2D eigenvalue weighted by molar-refractivity contribution is 6.37. The SMILES string of the molecule is CCOc1cc([C@H]2NC(=O)NC(C)=C2C(=O)OC)ccc1OC[C@@H](O)N/N=C\c1cc(Cl)c(OCc2ccc([N+](=O)[O-])cc2)c(Cl)c1. The Bertz CT molecular complexity index is 1680. The smallest absolute Gasteiger partial charge is 0.337 e. The number of rotatable bonds is 14. The van der Waals surface area contributed by atoms with Crippen molar-refractivity contribution in [3.8, 4) is 17.2 Å². The van der Waals surface area contributed by atoms with E-state index in [1.807, 2.05) is 0 Å².